The zero-order valence-electron chi connectivity index (χ0n) is 20.8. The molecule has 11 nitrogen and oxygen atoms in total. The molecule has 2 N–H and O–H groups in total. The van der Waals surface area contributed by atoms with Gasteiger partial charge in [0.25, 0.3) is 0 Å². The first-order valence-corrected chi connectivity index (χ1v) is 14.7. The van der Waals surface area contributed by atoms with Gasteiger partial charge in [0.1, 0.15) is 12.2 Å². The zero-order chi connectivity index (χ0) is 26.6. The first-order chi connectivity index (χ1) is 17.7. The Morgan fingerprint density at radius 3 is 2.62 bits per heavy atom. The van der Waals surface area contributed by atoms with Crippen LogP contribution in [-0.2, 0) is 18.9 Å². The highest BCUT2D eigenvalue weighted by Gasteiger charge is 2.25. The van der Waals surface area contributed by atoms with Crippen LogP contribution in [0.2, 0.25) is 5.02 Å². The minimum Gasteiger partial charge on any atom is -0.395 e. The summed E-state index contributed by atoms with van der Waals surface area (Å²) in [5, 5.41) is 12.0. The Hall–Kier alpha value is -3.27. The summed E-state index contributed by atoms with van der Waals surface area (Å²) < 4.78 is 19.1. The van der Waals surface area contributed by atoms with E-state index in [1.165, 1.54) is 6.20 Å². The minimum absolute atomic E-state index is 0.0964. The smallest absolute Gasteiger partial charge is 0.327 e. The lowest BCUT2D eigenvalue weighted by Crippen LogP contribution is -2.38. The van der Waals surface area contributed by atoms with Gasteiger partial charge >= 0.3 is 12.4 Å². The summed E-state index contributed by atoms with van der Waals surface area (Å²) in [6.45, 7) is 7.04. The lowest BCUT2D eigenvalue weighted by Gasteiger charge is -2.31. The summed E-state index contributed by atoms with van der Waals surface area (Å²) in [4.78, 5) is 32.7. The Morgan fingerprint density at radius 2 is 1.92 bits per heavy atom. The van der Waals surface area contributed by atoms with Crippen LogP contribution < -0.4 is 15.9 Å². The fraction of sp³-hybridized carbons (Fsp3) is 0.375. The van der Waals surface area contributed by atoms with E-state index in [2.05, 4.69) is 30.4 Å². The molecule has 1 aliphatic rings. The summed E-state index contributed by atoms with van der Waals surface area (Å²) >= 11 is 6.36. The molecule has 0 unspecified atom stereocenters. The minimum atomic E-state index is -2.52. The molecule has 0 radical (unpaired) electrons. The molecule has 0 spiro atoms. The van der Waals surface area contributed by atoms with Crippen LogP contribution in [0.1, 0.15) is 24.6 Å². The molecule has 0 amide bonds. The van der Waals surface area contributed by atoms with Crippen LogP contribution in [0, 0.1) is 6.92 Å². The van der Waals surface area contributed by atoms with Crippen molar-refractivity contribution in [3.05, 3.63) is 47.4 Å². The van der Waals surface area contributed by atoms with Crippen LogP contribution in [0.15, 0.2) is 36.7 Å². The third-order valence-electron chi connectivity index (χ3n) is 6.21. The number of nitrogens with zero attached hydrogens (tertiary/aromatic N) is 5. The van der Waals surface area contributed by atoms with Gasteiger partial charge in [-0.3, -0.25) is 19.2 Å². The van der Waals surface area contributed by atoms with E-state index in [1.807, 2.05) is 40.8 Å². The Morgan fingerprint density at radius 1 is 1.19 bits per heavy atom. The molecular formula is C24H29ClN7O4P. The Labute approximate surface area is 219 Å². The number of benzene rings is 1. The van der Waals surface area contributed by atoms with Gasteiger partial charge in [-0.2, -0.15) is 10.1 Å². The van der Waals surface area contributed by atoms with Gasteiger partial charge in [-0.05, 0) is 45.2 Å². The maximum atomic E-state index is 12.7. The number of halogens is 1. The average Bonchev–Trinajstić information content (AvgIpc) is 3.21. The van der Waals surface area contributed by atoms with Crippen molar-refractivity contribution in [2.75, 3.05) is 43.6 Å². The van der Waals surface area contributed by atoms with Crippen molar-refractivity contribution in [3.63, 3.8) is 0 Å². The van der Waals surface area contributed by atoms with Crippen molar-refractivity contribution < 1.29 is 18.9 Å². The molecule has 0 bridgehead atoms. The molecule has 3 aromatic rings. The molecule has 1 aliphatic heterocycles. The number of piperidine rings is 1. The topological polar surface area (TPSA) is 131 Å². The quantitative estimate of drug-likeness (QED) is 0.177. The first-order valence-electron chi connectivity index (χ1n) is 11.8. The van der Waals surface area contributed by atoms with Crippen LogP contribution >= 0.6 is 18.7 Å². The molecule has 1 fully saturated rings. The number of aromatic nitrogens is 4. The van der Waals surface area contributed by atoms with Crippen LogP contribution in [0.3, 0.4) is 0 Å². The fourth-order valence-electron chi connectivity index (χ4n) is 4.32. The number of hydrogen-bond acceptors (Lipinski definition) is 10. The maximum absolute atomic E-state index is 12.7. The molecule has 1 aromatic carbocycles. The second kappa shape index (κ2) is 11.4. The second-order valence-electron chi connectivity index (χ2n) is 9.19. The molecule has 4 rings (SSSR count). The standard InChI is InChI=1S/C24H29ClN7O4P/c1-16-20(13-27-32(16)17-8-10-31(11-9-17)14-22(34)36-15-33)29-24-26-12-18(25)23(30-24)28-19-6-4-5-7-21(19)37(2,3)35/h4-7,12-13,15,17H,8-11,14H2,1-3H3,(H2,26,28,29,30). The third kappa shape index (κ3) is 6.54. The number of anilines is 4. The van der Waals surface area contributed by atoms with E-state index in [4.69, 9.17) is 11.6 Å². The molecule has 0 atom stereocenters. The predicted molar refractivity (Wildman–Crippen MR) is 143 cm³/mol. The van der Waals surface area contributed by atoms with Gasteiger partial charge in [-0.15, -0.1) is 0 Å². The SMILES string of the molecule is Cc1c(Nc2ncc(Cl)c(Nc3ccccc3P(C)(C)=O)n2)cnn1C1CCN(CC(=O)OC=O)CC1. The summed E-state index contributed by atoms with van der Waals surface area (Å²) in [7, 11) is -2.52. The molecule has 1 saturated heterocycles. The highest BCUT2D eigenvalue weighted by Crippen LogP contribution is 2.38. The third-order valence-corrected chi connectivity index (χ3v) is 8.03. The molecule has 0 saturated carbocycles. The largest absolute Gasteiger partial charge is 0.395 e. The van der Waals surface area contributed by atoms with Gasteiger partial charge < -0.3 is 19.9 Å². The molecule has 13 heteroatoms. The highest BCUT2D eigenvalue weighted by molar-refractivity contribution is 7.70. The van der Waals surface area contributed by atoms with E-state index in [9.17, 15) is 14.2 Å². The molecule has 196 valence electrons. The second-order valence-corrected chi connectivity index (χ2v) is 12.8. The van der Waals surface area contributed by atoms with E-state index >= 15 is 0 Å². The summed E-state index contributed by atoms with van der Waals surface area (Å²) in [6.07, 6.45) is 4.85. The van der Waals surface area contributed by atoms with E-state index < -0.39 is 13.1 Å². The van der Waals surface area contributed by atoms with Crippen molar-refractivity contribution >= 4 is 59.6 Å². The Balaban J connectivity index is 1.45. The van der Waals surface area contributed by atoms with E-state index in [-0.39, 0.29) is 19.1 Å². The maximum Gasteiger partial charge on any atom is 0.327 e. The Bertz CT molecular complexity index is 1330. The number of carbonyl (C=O) groups is 2. The van der Waals surface area contributed by atoms with Gasteiger partial charge in [0.05, 0.1) is 42.0 Å². The number of carbonyl (C=O) groups excluding carboxylic acids is 2. The van der Waals surface area contributed by atoms with Crippen LogP contribution in [-0.4, -0.2) is 70.1 Å². The summed E-state index contributed by atoms with van der Waals surface area (Å²) in [6, 6.07) is 7.55. The molecule has 37 heavy (non-hydrogen) atoms. The number of ether oxygens (including phenoxy) is 1. The number of rotatable bonds is 9. The Kier molecular flexibility index (Phi) is 8.26. The van der Waals surface area contributed by atoms with Crippen molar-refractivity contribution in [1.82, 2.24) is 24.6 Å². The summed E-state index contributed by atoms with van der Waals surface area (Å²) in [5.41, 5.74) is 2.37. The molecule has 0 aliphatic carbocycles. The van der Waals surface area contributed by atoms with Crippen LogP contribution in [0.4, 0.5) is 23.1 Å². The predicted octanol–water partition coefficient (Wildman–Crippen LogP) is 3.71. The highest BCUT2D eigenvalue weighted by atomic mass is 35.5. The van der Waals surface area contributed by atoms with Crippen molar-refractivity contribution in [3.8, 4) is 0 Å². The van der Waals surface area contributed by atoms with Gasteiger partial charge in [0.2, 0.25) is 5.95 Å². The van der Waals surface area contributed by atoms with Gasteiger partial charge in [-0.1, -0.05) is 23.7 Å². The van der Waals surface area contributed by atoms with Gasteiger partial charge in [0.15, 0.2) is 5.82 Å². The van der Waals surface area contributed by atoms with Crippen LogP contribution in [0.5, 0.6) is 0 Å². The van der Waals surface area contributed by atoms with Gasteiger partial charge in [0, 0.05) is 18.4 Å². The fourth-order valence-corrected chi connectivity index (χ4v) is 5.62. The number of esters is 1. The normalized spacial score (nSPS) is 14.8. The first kappa shape index (κ1) is 26.8. The zero-order valence-corrected chi connectivity index (χ0v) is 22.5. The number of hydrogen-bond donors (Lipinski definition) is 2. The van der Waals surface area contributed by atoms with Crippen molar-refractivity contribution in [1.29, 1.82) is 0 Å². The molecular weight excluding hydrogens is 517 g/mol. The van der Waals surface area contributed by atoms with E-state index in [0.717, 1.165) is 24.2 Å². The van der Waals surface area contributed by atoms with E-state index in [1.54, 1.807) is 19.5 Å². The molecule has 3 heterocycles. The van der Waals surface area contributed by atoms with Gasteiger partial charge in [-0.25, -0.2) is 4.98 Å². The van der Waals surface area contributed by atoms with Crippen molar-refractivity contribution in [2.24, 2.45) is 0 Å². The number of para-hydroxylation sites is 1. The number of likely N-dealkylation sites (tertiary alicyclic amines) is 1. The molecule has 2 aromatic heterocycles. The van der Waals surface area contributed by atoms with E-state index in [0.29, 0.717) is 40.9 Å². The lowest BCUT2D eigenvalue weighted by atomic mass is 10.1. The monoisotopic (exact) mass is 545 g/mol. The van der Waals surface area contributed by atoms with Crippen LogP contribution in [0.25, 0.3) is 0 Å². The van der Waals surface area contributed by atoms with Crippen molar-refractivity contribution in [2.45, 2.75) is 25.8 Å². The average molecular weight is 546 g/mol. The summed E-state index contributed by atoms with van der Waals surface area (Å²) in [5.74, 6) is 0.186. The number of nitrogens with one attached hydrogen (secondary N) is 2. The lowest BCUT2D eigenvalue weighted by molar-refractivity contribution is -0.152.